The normalized spacial score (nSPS) is 10.9. The summed E-state index contributed by atoms with van der Waals surface area (Å²) in [5.41, 5.74) is 17.9. The van der Waals surface area contributed by atoms with Gasteiger partial charge in [-0.15, -0.1) is 0 Å². The van der Waals surface area contributed by atoms with Crippen molar-refractivity contribution in [2.75, 3.05) is 11.5 Å². The van der Waals surface area contributed by atoms with Gasteiger partial charge < -0.3 is 21.7 Å². The number of nitrogen functional groups attached to an aromatic ring is 2. The molecule has 0 fully saturated rings. The van der Waals surface area contributed by atoms with Gasteiger partial charge in [-0.1, -0.05) is 0 Å². The number of phenols is 2. The van der Waals surface area contributed by atoms with E-state index in [0.29, 0.717) is 28.9 Å². The number of rotatable bonds is 2. The molecule has 2 aromatic rings. The molecule has 0 amide bonds. The fourth-order valence-corrected chi connectivity index (χ4v) is 2.47. The van der Waals surface area contributed by atoms with Crippen molar-refractivity contribution in [3.8, 4) is 11.5 Å². The molecule has 4 heteroatoms. The molecule has 6 N–H and O–H groups in total. The zero-order valence-corrected chi connectivity index (χ0v) is 12.9. The van der Waals surface area contributed by atoms with Crippen molar-refractivity contribution in [2.24, 2.45) is 0 Å². The SMILES string of the molecule is Cc1c(N)cc(Cc2cc(N)c(C)c(C)c2O)c(O)c1C. The molecule has 0 bridgehead atoms. The summed E-state index contributed by atoms with van der Waals surface area (Å²) in [5, 5.41) is 20.6. The molecule has 0 aliphatic rings. The topological polar surface area (TPSA) is 92.5 Å². The first-order valence-electron chi connectivity index (χ1n) is 6.89. The smallest absolute Gasteiger partial charge is 0.122 e. The van der Waals surface area contributed by atoms with Crippen molar-refractivity contribution in [2.45, 2.75) is 34.1 Å². The van der Waals surface area contributed by atoms with E-state index in [4.69, 9.17) is 11.5 Å². The molecule has 0 saturated carbocycles. The molecule has 2 aromatic carbocycles. The molecule has 0 spiro atoms. The average Bonchev–Trinajstić information content (AvgIpc) is 2.45. The zero-order valence-electron chi connectivity index (χ0n) is 12.9. The Hall–Kier alpha value is -2.36. The lowest BCUT2D eigenvalue weighted by atomic mass is 9.94. The Morgan fingerprint density at radius 2 is 1.05 bits per heavy atom. The fraction of sp³-hybridized carbons (Fsp3) is 0.294. The molecule has 21 heavy (non-hydrogen) atoms. The van der Waals surface area contributed by atoms with Gasteiger partial charge in [0.15, 0.2) is 0 Å². The Bertz CT molecular complexity index is 660. The maximum Gasteiger partial charge on any atom is 0.122 e. The van der Waals surface area contributed by atoms with E-state index in [0.717, 1.165) is 22.3 Å². The van der Waals surface area contributed by atoms with Crippen LogP contribution in [0.2, 0.25) is 0 Å². The summed E-state index contributed by atoms with van der Waals surface area (Å²) in [6.07, 6.45) is 0.383. The van der Waals surface area contributed by atoms with Gasteiger partial charge in [0.2, 0.25) is 0 Å². The van der Waals surface area contributed by atoms with Crippen LogP contribution in [0.3, 0.4) is 0 Å². The van der Waals surface area contributed by atoms with Crippen LogP contribution in [0.25, 0.3) is 0 Å². The molecular weight excluding hydrogens is 264 g/mol. The quantitative estimate of drug-likeness (QED) is 0.504. The van der Waals surface area contributed by atoms with Crippen LogP contribution in [0.1, 0.15) is 33.4 Å². The lowest BCUT2D eigenvalue weighted by Gasteiger charge is -2.15. The molecule has 0 aliphatic heterocycles. The van der Waals surface area contributed by atoms with E-state index in [1.54, 1.807) is 12.1 Å². The molecule has 0 aliphatic carbocycles. The maximum atomic E-state index is 10.3. The number of hydrogen-bond acceptors (Lipinski definition) is 4. The predicted molar refractivity (Wildman–Crippen MR) is 86.8 cm³/mol. The molecule has 0 atom stereocenters. The van der Waals surface area contributed by atoms with Gasteiger partial charge in [0.05, 0.1) is 0 Å². The number of phenolic OH excluding ortho intramolecular Hbond substituents is 2. The largest absolute Gasteiger partial charge is 0.507 e. The first-order valence-corrected chi connectivity index (χ1v) is 6.89. The molecule has 2 rings (SSSR count). The van der Waals surface area contributed by atoms with E-state index < -0.39 is 0 Å². The van der Waals surface area contributed by atoms with Crippen molar-refractivity contribution in [3.05, 3.63) is 45.5 Å². The number of benzene rings is 2. The monoisotopic (exact) mass is 286 g/mol. The van der Waals surface area contributed by atoms with Gasteiger partial charge in [0.1, 0.15) is 11.5 Å². The third-order valence-corrected chi connectivity index (χ3v) is 4.35. The van der Waals surface area contributed by atoms with Crippen molar-refractivity contribution >= 4 is 11.4 Å². The number of nitrogens with two attached hydrogens (primary N) is 2. The summed E-state index contributed by atoms with van der Waals surface area (Å²) < 4.78 is 0. The average molecular weight is 286 g/mol. The highest BCUT2D eigenvalue weighted by Gasteiger charge is 2.15. The van der Waals surface area contributed by atoms with Crippen LogP contribution >= 0.6 is 0 Å². The second-order valence-corrected chi connectivity index (χ2v) is 5.62. The molecule has 0 saturated heterocycles. The molecule has 4 nitrogen and oxygen atoms in total. The van der Waals surface area contributed by atoms with Crippen LogP contribution in [0, 0.1) is 27.7 Å². The molecule has 0 unspecified atom stereocenters. The Morgan fingerprint density at radius 1 is 0.714 bits per heavy atom. The van der Waals surface area contributed by atoms with E-state index in [-0.39, 0.29) is 11.5 Å². The summed E-state index contributed by atoms with van der Waals surface area (Å²) in [5.74, 6) is 0.441. The number of anilines is 2. The van der Waals surface area contributed by atoms with E-state index >= 15 is 0 Å². The molecular formula is C17H22N2O2. The lowest BCUT2D eigenvalue weighted by molar-refractivity contribution is 0.458. The molecule has 0 radical (unpaired) electrons. The zero-order chi connectivity index (χ0) is 15.9. The van der Waals surface area contributed by atoms with Crippen LogP contribution < -0.4 is 11.5 Å². The van der Waals surface area contributed by atoms with E-state index in [2.05, 4.69) is 0 Å². The number of aromatic hydroxyl groups is 2. The summed E-state index contributed by atoms with van der Waals surface area (Å²) in [7, 11) is 0. The van der Waals surface area contributed by atoms with Crippen LogP contribution in [0.15, 0.2) is 12.1 Å². The summed E-state index contributed by atoms with van der Waals surface area (Å²) in [6, 6.07) is 3.50. The van der Waals surface area contributed by atoms with Gasteiger partial charge in [-0.25, -0.2) is 0 Å². The van der Waals surface area contributed by atoms with Crippen LogP contribution in [0.5, 0.6) is 11.5 Å². The first kappa shape index (κ1) is 15.0. The minimum absolute atomic E-state index is 0.220. The fourth-order valence-electron chi connectivity index (χ4n) is 2.47. The number of hydrogen-bond donors (Lipinski definition) is 4. The van der Waals surface area contributed by atoms with Gasteiger partial charge in [-0.3, -0.25) is 0 Å². The van der Waals surface area contributed by atoms with E-state index in [1.165, 1.54) is 0 Å². The molecule has 112 valence electrons. The Balaban J connectivity index is 2.54. The molecule has 0 aromatic heterocycles. The Labute approximate surface area is 125 Å². The van der Waals surface area contributed by atoms with Gasteiger partial charge in [0, 0.05) is 28.9 Å². The summed E-state index contributed by atoms with van der Waals surface area (Å²) in [6.45, 7) is 7.41. The van der Waals surface area contributed by atoms with Crippen molar-refractivity contribution in [3.63, 3.8) is 0 Å². The van der Waals surface area contributed by atoms with E-state index in [1.807, 2.05) is 27.7 Å². The van der Waals surface area contributed by atoms with Crippen LogP contribution in [0.4, 0.5) is 11.4 Å². The second-order valence-electron chi connectivity index (χ2n) is 5.62. The summed E-state index contributed by atoms with van der Waals surface area (Å²) in [4.78, 5) is 0. The minimum atomic E-state index is 0.220. The highest BCUT2D eigenvalue weighted by Crippen LogP contribution is 2.35. The lowest BCUT2D eigenvalue weighted by Crippen LogP contribution is -2.01. The highest BCUT2D eigenvalue weighted by molar-refractivity contribution is 5.63. The maximum absolute atomic E-state index is 10.3. The standard InChI is InChI=1S/C17H22N2O2/c1-8-10(3)16(20)12(6-14(8)18)5-13-7-15(19)9(2)11(4)17(13)21/h6-7,20-21H,5,18-19H2,1-4H3. The predicted octanol–water partition coefficient (Wildman–Crippen LogP) is 3.09. The van der Waals surface area contributed by atoms with Gasteiger partial charge in [0.25, 0.3) is 0 Å². The van der Waals surface area contributed by atoms with E-state index in [9.17, 15) is 10.2 Å². The summed E-state index contributed by atoms with van der Waals surface area (Å²) >= 11 is 0. The highest BCUT2D eigenvalue weighted by atomic mass is 16.3. The molecule has 0 heterocycles. The van der Waals surface area contributed by atoms with Crippen molar-refractivity contribution in [1.29, 1.82) is 0 Å². The first-order chi connectivity index (χ1) is 9.73. The van der Waals surface area contributed by atoms with Gasteiger partial charge in [-0.05, 0) is 62.1 Å². The van der Waals surface area contributed by atoms with Gasteiger partial charge >= 0.3 is 0 Å². The van der Waals surface area contributed by atoms with Crippen molar-refractivity contribution < 1.29 is 10.2 Å². The second kappa shape index (κ2) is 5.20. The third kappa shape index (κ3) is 2.49. The van der Waals surface area contributed by atoms with Crippen LogP contribution in [-0.2, 0) is 6.42 Å². The van der Waals surface area contributed by atoms with Crippen molar-refractivity contribution in [1.82, 2.24) is 0 Å². The third-order valence-electron chi connectivity index (χ3n) is 4.35. The van der Waals surface area contributed by atoms with Crippen LogP contribution in [-0.4, -0.2) is 10.2 Å². The Morgan fingerprint density at radius 3 is 1.38 bits per heavy atom. The Kier molecular flexibility index (Phi) is 3.73. The van der Waals surface area contributed by atoms with Gasteiger partial charge in [-0.2, -0.15) is 0 Å². The minimum Gasteiger partial charge on any atom is -0.507 e.